The molecule has 1 aromatic carbocycles. The predicted molar refractivity (Wildman–Crippen MR) is 94.4 cm³/mol. The third-order valence-corrected chi connectivity index (χ3v) is 5.00. The molecule has 0 amide bonds. The summed E-state index contributed by atoms with van der Waals surface area (Å²) in [5, 5.41) is 1.02. The Morgan fingerprint density at radius 2 is 2.08 bits per heavy atom. The van der Waals surface area contributed by atoms with Crippen molar-refractivity contribution in [3.63, 3.8) is 0 Å². The molecule has 24 heavy (non-hydrogen) atoms. The van der Waals surface area contributed by atoms with Crippen molar-refractivity contribution >= 4 is 22.7 Å². The van der Waals surface area contributed by atoms with Gasteiger partial charge in [-0.05, 0) is 24.5 Å². The number of aryl methyl sites for hydroxylation is 1. The van der Waals surface area contributed by atoms with Crippen LogP contribution in [0.25, 0.3) is 10.9 Å². The van der Waals surface area contributed by atoms with E-state index in [0.29, 0.717) is 6.42 Å². The van der Waals surface area contributed by atoms with Gasteiger partial charge >= 0.3 is 5.97 Å². The number of hydrogen-bond acceptors (Lipinski definition) is 3. The SMILES string of the molecule is CCCCCCC(C(=O)OC)n1cc2c3c(cccc31)C(=O)CC2. The number of carbonyl (C=O) groups excluding carboxylic acids is 2. The smallest absolute Gasteiger partial charge is 0.328 e. The lowest BCUT2D eigenvalue weighted by atomic mass is 9.92. The number of aromatic nitrogens is 1. The summed E-state index contributed by atoms with van der Waals surface area (Å²) in [6.07, 6.45) is 8.62. The Kier molecular flexibility index (Phi) is 5.03. The molecule has 1 aliphatic rings. The second-order valence-electron chi connectivity index (χ2n) is 6.57. The van der Waals surface area contributed by atoms with E-state index in [1.54, 1.807) is 0 Å². The third-order valence-electron chi connectivity index (χ3n) is 5.00. The number of methoxy groups -OCH3 is 1. The van der Waals surface area contributed by atoms with Crippen LogP contribution in [0.5, 0.6) is 0 Å². The molecule has 0 saturated carbocycles. The molecule has 0 bridgehead atoms. The number of ketones is 1. The minimum atomic E-state index is -0.313. The first-order valence-electron chi connectivity index (χ1n) is 8.90. The Morgan fingerprint density at radius 1 is 1.25 bits per heavy atom. The lowest BCUT2D eigenvalue weighted by Crippen LogP contribution is -2.20. The van der Waals surface area contributed by atoms with E-state index in [4.69, 9.17) is 4.74 Å². The van der Waals surface area contributed by atoms with Crippen LogP contribution in [0.4, 0.5) is 0 Å². The normalized spacial score (nSPS) is 14.8. The Morgan fingerprint density at radius 3 is 2.83 bits per heavy atom. The number of rotatable bonds is 7. The monoisotopic (exact) mass is 327 g/mol. The fraction of sp³-hybridized carbons (Fsp3) is 0.500. The zero-order valence-corrected chi connectivity index (χ0v) is 14.5. The van der Waals surface area contributed by atoms with Crippen molar-refractivity contribution in [3.8, 4) is 0 Å². The van der Waals surface area contributed by atoms with Crippen LogP contribution in [0.2, 0.25) is 0 Å². The fourth-order valence-corrected chi connectivity index (χ4v) is 3.73. The highest BCUT2D eigenvalue weighted by Crippen LogP contribution is 2.34. The van der Waals surface area contributed by atoms with Gasteiger partial charge in [0.1, 0.15) is 6.04 Å². The number of benzene rings is 1. The van der Waals surface area contributed by atoms with Crippen LogP contribution in [0.3, 0.4) is 0 Å². The maximum absolute atomic E-state index is 12.4. The predicted octanol–water partition coefficient (Wildman–Crippen LogP) is 4.45. The quantitative estimate of drug-likeness (QED) is 0.557. The van der Waals surface area contributed by atoms with Crippen LogP contribution in [-0.4, -0.2) is 23.4 Å². The van der Waals surface area contributed by atoms with Gasteiger partial charge in [-0.15, -0.1) is 0 Å². The molecule has 4 nitrogen and oxygen atoms in total. The van der Waals surface area contributed by atoms with Crippen molar-refractivity contribution in [2.45, 2.75) is 57.9 Å². The Hall–Kier alpha value is -2.10. The highest BCUT2D eigenvalue weighted by Gasteiger charge is 2.27. The molecule has 0 N–H and O–H groups in total. The number of ether oxygens (including phenoxy) is 1. The summed E-state index contributed by atoms with van der Waals surface area (Å²) >= 11 is 0. The maximum Gasteiger partial charge on any atom is 0.328 e. The number of nitrogens with zero attached hydrogens (tertiary/aromatic N) is 1. The zero-order valence-electron chi connectivity index (χ0n) is 14.5. The molecule has 1 atom stereocenters. The standard InChI is InChI=1S/C20H25NO3/c1-3-4-5-6-9-17(20(23)24-2)21-13-14-11-12-18(22)15-8-7-10-16(21)19(14)15/h7-8,10,13,17H,3-6,9,11-12H2,1-2H3. The van der Waals surface area contributed by atoms with Gasteiger partial charge in [-0.2, -0.15) is 0 Å². The average molecular weight is 327 g/mol. The van der Waals surface area contributed by atoms with Gasteiger partial charge in [-0.25, -0.2) is 4.79 Å². The molecule has 2 aromatic rings. The fourth-order valence-electron chi connectivity index (χ4n) is 3.73. The summed E-state index contributed by atoms with van der Waals surface area (Å²) in [6.45, 7) is 2.18. The van der Waals surface area contributed by atoms with Crippen LogP contribution in [0.1, 0.15) is 67.4 Å². The van der Waals surface area contributed by atoms with Gasteiger partial charge in [0.2, 0.25) is 0 Å². The molecule has 0 fully saturated rings. The van der Waals surface area contributed by atoms with E-state index in [1.165, 1.54) is 25.5 Å². The van der Waals surface area contributed by atoms with E-state index in [-0.39, 0.29) is 17.8 Å². The summed E-state index contributed by atoms with van der Waals surface area (Å²) in [5.41, 5.74) is 2.94. The molecular formula is C20H25NO3. The summed E-state index contributed by atoms with van der Waals surface area (Å²) < 4.78 is 7.09. The molecule has 1 aliphatic carbocycles. The molecule has 3 rings (SSSR count). The van der Waals surface area contributed by atoms with Crippen LogP contribution >= 0.6 is 0 Å². The Labute approximate surface area is 142 Å². The highest BCUT2D eigenvalue weighted by atomic mass is 16.5. The number of hydrogen-bond donors (Lipinski definition) is 0. The topological polar surface area (TPSA) is 48.3 Å². The van der Waals surface area contributed by atoms with Gasteiger partial charge in [0.15, 0.2) is 5.78 Å². The molecule has 0 aliphatic heterocycles. The molecule has 1 aromatic heterocycles. The average Bonchev–Trinajstić information content (AvgIpc) is 2.98. The van der Waals surface area contributed by atoms with Crippen LogP contribution in [-0.2, 0) is 16.0 Å². The van der Waals surface area contributed by atoms with Gasteiger partial charge in [-0.3, -0.25) is 4.79 Å². The van der Waals surface area contributed by atoms with Crippen molar-refractivity contribution in [2.75, 3.05) is 7.11 Å². The van der Waals surface area contributed by atoms with Gasteiger partial charge in [0, 0.05) is 29.1 Å². The van der Waals surface area contributed by atoms with Crippen LogP contribution in [0, 0.1) is 0 Å². The minimum Gasteiger partial charge on any atom is -0.467 e. The number of unbranched alkanes of at least 4 members (excludes halogenated alkanes) is 3. The molecule has 128 valence electrons. The van der Waals surface area contributed by atoms with Gasteiger partial charge in [0.25, 0.3) is 0 Å². The lowest BCUT2D eigenvalue weighted by Gasteiger charge is -2.18. The van der Waals surface area contributed by atoms with E-state index in [9.17, 15) is 9.59 Å². The third kappa shape index (κ3) is 2.97. The molecular weight excluding hydrogens is 302 g/mol. The zero-order chi connectivity index (χ0) is 17.1. The number of Topliss-reactive ketones (excluding diaryl/α,β-unsaturated/α-hetero) is 1. The van der Waals surface area contributed by atoms with Crippen molar-refractivity contribution in [1.82, 2.24) is 4.57 Å². The van der Waals surface area contributed by atoms with Crippen molar-refractivity contribution in [1.29, 1.82) is 0 Å². The van der Waals surface area contributed by atoms with Gasteiger partial charge in [0.05, 0.1) is 7.11 Å². The summed E-state index contributed by atoms with van der Waals surface area (Å²) in [6, 6.07) is 5.49. The highest BCUT2D eigenvalue weighted by molar-refractivity contribution is 6.11. The van der Waals surface area contributed by atoms with E-state index in [0.717, 1.165) is 42.1 Å². The van der Waals surface area contributed by atoms with E-state index >= 15 is 0 Å². The number of esters is 1. The first-order chi connectivity index (χ1) is 11.7. The Bertz CT molecular complexity index is 760. The molecule has 0 spiro atoms. The molecule has 1 unspecified atom stereocenters. The second kappa shape index (κ2) is 7.20. The summed E-state index contributed by atoms with van der Waals surface area (Å²) in [4.78, 5) is 24.6. The Balaban J connectivity index is 1.99. The van der Waals surface area contributed by atoms with E-state index < -0.39 is 0 Å². The summed E-state index contributed by atoms with van der Waals surface area (Å²) in [7, 11) is 1.45. The molecule has 0 saturated heterocycles. The molecule has 1 heterocycles. The van der Waals surface area contributed by atoms with Crippen LogP contribution in [0.15, 0.2) is 24.4 Å². The first-order valence-corrected chi connectivity index (χ1v) is 8.90. The van der Waals surface area contributed by atoms with E-state index in [1.807, 2.05) is 22.8 Å². The van der Waals surface area contributed by atoms with Crippen molar-refractivity contribution in [3.05, 3.63) is 35.5 Å². The van der Waals surface area contributed by atoms with Gasteiger partial charge < -0.3 is 9.30 Å². The minimum absolute atomic E-state index is 0.198. The second-order valence-corrected chi connectivity index (χ2v) is 6.57. The maximum atomic E-state index is 12.4. The molecule has 4 heteroatoms. The van der Waals surface area contributed by atoms with Crippen LogP contribution < -0.4 is 0 Å². The van der Waals surface area contributed by atoms with Crippen molar-refractivity contribution in [2.24, 2.45) is 0 Å². The van der Waals surface area contributed by atoms with Crippen molar-refractivity contribution < 1.29 is 14.3 Å². The van der Waals surface area contributed by atoms with Gasteiger partial charge in [-0.1, -0.05) is 44.7 Å². The largest absolute Gasteiger partial charge is 0.467 e. The lowest BCUT2D eigenvalue weighted by molar-refractivity contribution is -0.144. The number of carbonyl (C=O) groups is 2. The molecule has 0 radical (unpaired) electrons. The van der Waals surface area contributed by atoms with E-state index in [2.05, 4.69) is 13.1 Å². The first kappa shape index (κ1) is 16.7. The summed E-state index contributed by atoms with van der Waals surface area (Å²) in [5.74, 6) is -0.00524.